The average molecular weight is 408 g/mol. The Morgan fingerprint density at radius 1 is 1.15 bits per heavy atom. The molecule has 2 aromatic carbocycles. The number of carboxylic acid groups (broad SMARTS) is 1. The molecule has 0 radical (unpaired) electrons. The van der Waals surface area contributed by atoms with Crippen LogP contribution < -0.4 is 0 Å². The predicted molar refractivity (Wildman–Crippen MR) is 105 cm³/mol. The molecule has 0 fully saturated rings. The molecular weight excluding hydrogens is 390 g/mol. The van der Waals surface area contributed by atoms with Crippen molar-refractivity contribution in [3.05, 3.63) is 59.2 Å². The zero-order valence-corrected chi connectivity index (χ0v) is 16.1. The Labute approximate surface area is 162 Å². The van der Waals surface area contributed by atoms with Crippen molar-refractivity contribution in [2.24, 2.45) is 0 Å². The molecule has 0 aliphatic heterocycles. The molecule has 1 aromatic heterocycles. The van der Waals surface area contributed by atoms with E-state index in [1.54, 1.807) is 22.8 Å². The van der Waals surface area contributed by atoms with E-state index in [4.69, 9.17) is 15.8 Å². The smallest absolute Gasteiger partial charge is 0.353 e. The summed E-state index contributed by atoms with van der Waals surface area (Å²) in [5.41, 5.74) is 1.71. The minimum absolute atomic E-state index is 0.0264. The molecule has 27 heavy (non-hydrogen) atoms. The number of aromatic nitrogens is 1. The Morgan fingerprint density at radius 3 is 2.48 bits per heavy atom. The van der Waals surface area contributed by atoms with Crippen molar-refractivity contribution in [2.45, 2.75) is 13.0 Å². The molecule has 1 heterocycles. The molecule has 0 spiro atoms. The Kier molecular flexibility index (Phi) is 5.55. The number of hydrogen-bond donors (Lipinski definition) is 1. The summed E-state index contributed by atoms with van der Waals surface area (Å²) in [6, 6.07) is 14.5. The molecule has 0 amide bonds. The maximum absolute atomic E-state index is 12.0. The maximum Gasteiger partial charge on any atom is 0.353 e. The number of rotatable bonds is 7. The van der Waals surface area contributed by atoms with Gasteiger partial charge in [0.1, 0.15) is 5.69 Å². The Hall–Kier alpha value is -2.35. The zero-order chi connectivity index (χ0) is 19.6. The van der Waals surface area contributed by atoms with Gasteiger partial charge in [-0.05, 0) is 24.1 Å². The van der Waals surface area contributed by atoms with Gasteiger partial charge in [-0.25, -0.2) is 4.79 Å². The lowest BCUT2D eigenvalue weighted by molar-refractivity contribution is 0.0687. The lowest BCUT2D eigenvalue weighted by Crippen LogP contribution is -2.13. The van der Waals surface area contributed by atoms with Crippen molar-refractivity contribution >= 4 is 38.5 Å². The Morgan fingerprint density at radius 2 is 1.85 bits per heavy atom. The van der Waals surface area contributed by atoms with Crippen LogP contribution in [0.2, 0.25) is 5.02 Å². The molecule has 0 bridgehead atoms. The van der Waals surface area contributed by atoms with Crippen LogP contribution in [0.4, 0.5) is 0 Å². The zero-order valence-electron chi connectivity index (χ0n) is 14.6. The predicted octanol–water partition coefficient (Wildman–Crippen LogP) is 4.03. The molecule has 0 aliphatic rings. The van der Waals surface area contributed by atoms with E-state index >= 15 is 0 Å². The second kappa shape index (κ2) is 7.72. The quantitative estimate of drug-likeness (QED) is 0.472. The first kappa shape index (κ1) is 19.4. The largest absolute Gasteiger partial charge is 0.477 e. The van der Waals surface area contributed by atoms with Gasteiger partial charge in [0.05, 0.1) is 18.6 Å². The molecule has 0 saturated carbocycles. The third kappa shape index (κ3) is 4.32. The van der Waals surface area contributed by atoms with Gasteiger partial charge in [-0.3, -0.25) is 4.18 Å². The summed E-state index contributed by atoms with van der Waals surface area (Å²) in [4.78, 5) is 12.0. The SMILES string of the molecule is CS(=O)(=O)OCCCn1c(C(=O)O)c2ccc(Cl)cc2c1-c1ccccc1. The van der Waals surface area contributed by atoms with E-state index in [2.05, 4.69) is 0 Å². The van der Waals surface area contributed by atoms with Crippen molar-refractivity contribution in [3.8, 4) is 11.3 Å². The van der Waals surface area contributed by atoms with Crippen LogP contribution in [0.5, 0.6) is 0 Å². The summed E-state index contributed by atoms with van der Waals surface area (Å²) in [6.07, 6.45) is 1.32. The summed E-state index contributed by atoms with van der Waals surface area (Å²) in [5.74, 6) is -1.06. The molecule has 0 unspecified atom stereocenters. The standard InChI is InChI=1S/C19H18ClNO5S/c1-27(24,25)26-11-5-10-21-17(13-6-3-2-4-7-13)16-12-14(20)8-9-15(16)18(21)19(22)23/h2-4,6-9,12H,5,10-11H2,1H3,(H,22,23). The highest BCUT2D eigenvalue weighted by atomic mass is 35.5. The van der Waals surface area contributed by atoms with Crippen LogP contribution in [0.15, 0.2) is 48.5 Å². The summed E-state index contributed by atoms with van der Waals surface area (Å²) in [5, 5.41) is 11.6. The van der Waals surface area contributed by atoms with Gasteiger partial charge in [0, 0.05) is 22.3 Å². The number of fused-ring (bicyclic) bond motifs is 1. The number of nitrogens with zero attached hydrogens (tertiary/aromatic N) is 1. The van der Waals surface area contributed by atoms with Crippen LogP contribution in [0, 0.1) is 0 Å². The van der Waals surface area contributed by atoms with Crippen molar-refractivity contribution in [2.75, 3.05) is 12.9 Å². The molecule has 142 valence electrons. The van der Waals surface area contributed by atoms with Crippen molar-refractivity contribution in [1.29, 1.82) is 0 Å². The van der Waals surface area contributed by atoms with E-state index in [9.17, 15) is 18.3 Å². The molecule has 0 atom stereocenters. The van der Waals surface area contributed by atoms with Gasteiger partial charge in [-0.2, -0.15) is 8.42 Å². The van der Waals surface area contributed by atoms with E-state index in [1.807, 2.05) is 30.3 Å². The third-order valence-electron chi connectivity index (χ3n) is 4.10. The van der Waals surface area contributed by atoms with E-state index < -0.39 is 16.1 Å². The monoisotopic (exact) mass is 407 g/mol. The normalized spacial score (nSPS) is 11.8. The highest BCUT2D eigenvalue weighted by Gasteiger charge is 2.22. The first-order valence-corrected chi connectivity index (χ1v) is 10.4. The van der Waals surface area contributed by atoms with Crippen molar-refractivity contribution in [3.63, 3.8) is 0 Å². The van der Waals surface area contributed by atoms with Gasteiger partial charge in [0.2, 0.25) is 0 Å². The van der Waals surface area contributed by atoms with Crippen molar-refractivity contribution < 1.29 is 22.5 Å². The second-order valence-corrected chi connectivity index (χ2v) is 8.17. The molecule has 0 aliphatic carbocycles. The number of aromatic carboxylic acids is 1. The molecule has 6 nitrogen and oxygen atoms in total. The summed E-state index contributed by atoms with van der Waals surface area (Å²) in [7, 11) is -3.54. The number of benzene rings is 2. The minimum Gasteiger partial charge on any atom is -0.477 e. The average Bonchev–Trinajstić information content (AvgIpc) is 2.92. The molecular formula is C19H18ClNO5S. The number of carbonyl (C=O) groups is 1. The van der Waals surface area contributed by atoms with Crippen molar-refractivity contribution in [1.82, 2.24) is 4.57 Å². The van der Waals surface area contributed by atoms with E-state index in [-0.39, 0.29) is 18.8 Å². The van der Waals surface area contributed by atoms with E-state index in [0.717, 1.165) is 22.9 Å². The number of hydrogen-bond acceptors (Lipinski definition) is 4. The van der Waals surface area contributed by atoms with Gasteiger partial charge in [-0.15, -0.1) is 0 Å². The highest BCUT2D eigenvalue weighted by molar-refractivity contribution is 7.85. The first-order chi connectivity index (χ1) is 12.8. The topological polar surface area (TPSA) is 85.6 Å². The fourth-order valence-corrected chi connectivity index (χ4v) is 3.71. The van der Waals surface area contributed by atoms with Crippen LogP contribution in [-0.2, 0) is 20.8 Å². The fourth-order valence-electron chi connectivity index (χ4n) is 3.12. The van der Waals surface area contributed by atoms with Gasteiger partial charge < -0.3 is 9.67 Å². The molecule has 3 aromatic rings. The molecule has 8 heteroatoms. The second-order valence-electron chi connectivity index (χ2n) is 6.09. The Balaban J connectivity index is 2.14. The van der Waals surface area contributed by atoms with Crippen LogP contribution in [-0.4, -0.2) is 36.9 Å². The van der Waals surface area contributed by atoms with Gasteiger partial charge in [0.15, 0.2) is 0 Å². The minimum atomic E-state index is -3.54. The molecule has 3 rings (SSSR count). The first-order valence-electron chi connectivity index (χ1n) is 8.23. The number of halogens is 1. The van der Waals surface area contributed by atoms with E-state index in [0.29, 0.717) is 16.8 Å². The summed E-state index contributed by atoms with van der Waals surface area (Å²) < 4.78 is 28.8. The Bertz CT molecular complexity index is 1090. The highest BCUT2D eigenvalue weighted by Crippen LogP contribution is 2.36. The van der Waals surface area contributed by atoms with Gasteiger partial charge in [-0.1, -0.05) is 48.0 Å². The molecule has 0 saturated heterocycles. The van der Waals surface area contributed by atoms with Crippen LogP contribution in [0.3, 0.4) is 0 Å². The lowest BCUT2D eigenvalue weighted by Gasteiger charge is -2.12. The molecule has 1 N–H and O–H groups in total. The van der Waals surface area contributed by atoms with Crippen LogP contribution in [0.1, 0.15) is 16.9 Å². The van der Waals surface area contributed by atoms with Crippen LogP contribution >= 0.6 is 11.6 Å². The van der Waals surface area contributed by atoms with Gasteiger partial charge in [0.25, 0.3) is 10.1 Å². The number of carboxylic acids is 1. The van der Waals surface area contributed by atoms with Crippen LogP contribution in [0.25, 0.3) is 22.0 Å². The van der Waals surface area contributed by atoms with E-state index in [1.165, 1.54) is 0 Å². The maximum atomic E-state index is 12.0. The van der Waals surface area contributed by atoms with Gasteiger partial charge >= 0.3 is 5.97 Å². The summed E-state index contributed by atoms with van der Waals surface area (Å²) in [6.45, 7) is 0.259. The lowest BCUT2D eigenvalue weighted by atomic mass is 10.1. The third-order valence-corrected chi connectivity index (χ3v) is 4.93. The fraction of sp³-hybridized carbons (Fsp3) is 0.211. The summed E-state index contributed by atoms with van der Waals surface area (Å²) >= 11 is 6.15.